The van der Waals surface area contributed by atoms with Crippen molar-refractivity contribution in [3.05, 3.63) is 35.9 Å². The highest BCUT2D eigenvalue weighted by Gasteiger charge is 2.30. The monoisotopic (exact) mass is 278 g/mol. The molecule has 0 aliphatic rings. The SMILES string of the molecule is CNC(C)(C)C(=O)N[C@@H](Cc1ccccc1)C(=O)OC. The van der Waals surface area contributed by atoms with Crippen LogP contribution in [0.15, 0.2) is 30.3 Å². The average Bonchev–Trinajstić information content (AvgIpc) is 2.46. The van der Waals surface area contributed by atoms with Crippen molar-refractivity contribution in [3.8, 4) is 0 Å². The van der Waals surface area contributed by atoms with Crippen molar-refractivity contribution in [2.75, 3.05) is 14.2 Å². The highest BCUT2D eigenvalue weighted by Crippen LogP contribution is 2.07. The molecule has 0 saturated carbocycles. The van der Waals surface area contributed by atoms with E-state index in [1.807, 2.05) is 30.3 Å². The zero-order valence-electron chi connectivity index (χ0n) is 12.4. The van der Waals surface area contributed by atoms with Crippen LogP contribution < -0.4 is 10.6 Å². The number of rotatable bonds is 6. The highest BCUT2D eigenvalue weighted by molar-refractivity contribution is 5.90. The molecule has 1 aromatic rings. The van der Waals surface area contributed by atoms with E-state index in [4.69, 9.17) is 4.74 Å². The molecule has 0 unspecified atom stereocenters. The molecule has 2 N–H and O–H groups in total. The van der Waals surface area contributed by atoms with Crippen molar-refractivity contribution in [2.45, 2.75) is 31.8 Å². The van der Waals surface area contributed by atoms with E-state index >= 15 is 0 Å². The van der Waals surface area contributed by atoms with E-state index in [1.54, 1.807) is 20.9 Å². The number of nitrogens with one attached hydrogen (secondary N) is 2. The number of esters is 1. The van der Waals surface area contributed by atoms with Gasteiger partial charge in [0, 0.05) is 6.42 Å². The molecule has 0 aliphatic carbocycles. The Labute approximate surface area is 119 Å². The van der Waals surface area contributed by atoms with E-state index in [9.17, 15) is 9.59 Å². The van der Waals surface area contributed by atoms with Gasteiger partial charge < -0.3 is 15.4 Å². The van der Waals surface area contributed by atoms with Gasteiger partial charge >= 0.3 is 5.97 Å². The number of benzene rings is 1. The van der Waals surface area contributed by atoms with Gasteiger partial charge in [-0.2, -0.15) is 0 Å². The average molecular weight is 278 g/mol. The first-order valence-corrected chi connectivity index (χ1v) is 6.52. The van der Waals surface area contributed by atoms with Gasteiger partial charge in [-0.05, 0) is 26.5 Å². The molecule has 0 radical (unpaired) electrons. The smallest absolute Gasteiger partial charge is 0.328 e. The molecule has 0 aliphatic heterocycles. The summed E-state index contributed by atoms with van der Waals surface area (Å²) in [5.41, 5.74) is 0.216. The number of ether oxygens (including phenoxy) is 1. The molecule has 5 nitrogen and oxygen atoms in total. The van der Waals surface area contributed by atoms with E-state index < -0.39 is 17.6 Å². The predicted molar refractivity (Wildman–Crippen MR) is 77.2 cm³/mol. The van der Waals surface area contributed by atoms with Gasteiger partial charge in [0.2, 0.25) is 5.91 Å². The standard InChI is InChI=1S/C15H22N2O3/c1-15(2,16-3)14(19)17-12(13(18)20-4)10-11-8-6-5-7-9-11/h5-9,12,16H,10H2,1-4H3,(H,17,19)/t12-/m0/s1. The first kappa shape index (κ1) is 16.2. The van der Waals surface area contributed by atoms with Crippen LogP contribution >= 0.6 is 0 Å². The summed E-state index contributed by atoms with van der Waals surface area (Å²) in [5, 5.41) is 5.63. The highest BCUT2D eigenvalue weighted by atomic mass is 16.5. The Balaban J connectivity index is 2.81. The van der Waals surface area contributed by atoms with Gasteiger partial charge in [-0.1, -0.05) is 30.3 Å². The molecule has 110 valence electrons. The fourth-order valence-electron chi connectivity index (χ4n) is 1.64. The molecule has 0 spiro atoms. The van der Waals surface area contributed by atoms with Gasteiger partial charge in [0.25, 0.3) is 0 Å². The minimum atomic E-state index is -0.747. The maximum Gasteiger partial charge on any atom is 0.328 e. The Morgan fingerprint density at radius 1 is 1.25 bits per heavy atom. The van der Waals surface area contributed by atoms with Gasteiger partial charge in [-0.25, -0.2) is 4.79 Å². The van der Waals surface area contributed by atoms with Crippen LogP contribution in [0.3, 0.4) is 0 Å². The van der Waals surface area contributed by atoms with Crippen molar-refractivity contribution >= 4 is 11.9 Å². The summed E-state index contributed by atoms with van der Waals surface area (Å²) < 4.78 is 4.76. The number of methoxy groups -OCH3 is 1. The topological polar surface area (TPSA) is 67.4 Å². The third kappa shape index (κ3) is 4.35. The van der Waals surface area contributed by atoms with Crippen molar-refractivity contribution < 1.29 is 14.3 Å². The fraction of sp³-hybridized carbons (Fsp3) is 0.467. The molecule has 20 heavy (non-hydrogen) atoms. The van der Waals surface area contributed by atoms with Gasteiger partial charge in [-0.3, -0.25) is 4.79 Å². The van der Waals surface area contributed by atoms with Crippen LogP contribution in [-0.4, -0.2) is 37.6 Å². The van der Waals surface area contributed by atoms with Crippen molar-refractivity contribution in [2.24, 2.45) is 0 Å². The number of hydrogen-bond acceptors (Lipinski definition) is 4. The summed E-state index contributed by atoms with van der Waals surface area (Å²) in [7, 11) is 3.01. The third-order valence-electron chi connectivity index (χ3n) is 3.27. The van der Waals surface area contributed by atoms with Crippen LogP contribution in [0.25, 0.3) is 0 Å². The van der Waals surface area contributed by atoms with Crippen LogP contribution in [0, 0.1) is 0 Å². The van der Waals surface area contributed by atoms with Crippen LogP contribution in [0.4, 0.5) is 0 Å². The lowest BCUT2D eigenvalue weighted by atomic mass is 10.0. The molecule has 1 atom stereocenters. The first-order valence-electron chi connectivity index (χ1n) is 6.52. The normalized spacial score (nSPS) is 12.6. The number of carbonyl (C=O) groups excluding carboxylic acids is 2. The Morgan fingerprint density at radius 3 is 2.35 bits per heavy atom. The third-order valence-corrected chi connectivity index (χ3v) is 3.27. The maximum atomic E-state index is 12.1. The Morgan fingerprint density at radius 2 is 1.85 bits per heavy atom. The van der Waals surface area contributed by atoms with Gasteiger partial charge in [0.05, 0.1) is 12.6 Å². The van der Waals surface area contributed by atoms with E-state index in [2.05, 4.69) is 10.6 Å². The molecule has 0 fully saturated rings. The lowest BCUT2D eigenvalue weighted by Crippen LogP contribution is -2.56. The van der Waals surface area contributed by atoms with Crippen molar-refractivity contribution in [3.63, 3.8) is 0 Å². The van der Waals surface area contributed by atoms with Crippen LogP contribution in [0.2, 0.25) is 0 Å². The van der Waals surface area contributed by atoms with E-state index in [0.29, 0.717) is 6.42 Å². The first-order chi connectivity index (χ1) is 9.40. The van der Waals surface area contributed by atoms with Crippen molar-refractivity contribution in [1.29, 1.82) is 0 Å². The van der Waals surface area contributed by atoms with Gasteiger partial charge in [0.1, 0.15) is 6.04 Å². The summed E-state index contributed by atoms with van der Waals surface area (Å²) in [4.78, 5) is 23.9. The summed E-state index contributed by atoms with van der Waals surface area (Å²) >= 11 is 0. The lowest BCUT2D eigenvalue weighted by molar-refractivity contribution is -0.145. The minimum absolute atomic E-state index is 0.244. The van der Waals surface area contributed by atoms with E-state index in [1.165, 1.54) is 7.11 Å². The fourth-order valence-corrected chi connectivity index (χ4v) is 1.64. The molecular weight excluding hydrogens is 256 g/mol. The van der Waals surface area contributed by atoms with Gasteiger partial charge in [-0.15, -0.1) is 0 Å². The van der Waals surface area contributed by atoms with Gasteiger partial charge in [0.15, 0.2) is 0 Å². The van der Waals surface area contributed by atoms with Crippen LogP contribution in [0.5, 0.6) is 0 Å². The molecule has 0 saturated heterocycles. The molecule has 1 rings (SSSR count). The van der Waals surface area contributed by atoms with Crippen molar-refractivity contribution in [1.82, 2.24) is 10.6 Å². The van der Waals surface area contributed by atoms with E-state index in [-0.39, 0.29) is 5.91 Å². The number of hydrogen-bond donors (Lipinski definition) is 2. The minimum Gasteiger partial charge on any atom is -0.467 e. The second kappa shape index (κ2) is 7.05. The number of likely N-dealkylation sites (N-methyl/N-ethyl adjacent to an activating group) is 1. The Bertz CT molecular complexity index is 457. The molecule has 0 aromatic heterocycles. The second-order valence-corrected chi connectivity index (χ2v) is 5.11. The molecule has 1 amide bonds. The Kier molecular flexibility index (Phi) is 5.70. The van der Waals surface area contributed by atoms with E-state index in [0.717, 1.165) is 5.56 Å². The van der Waals surface area contributed by atoms with Crippen LogP contribution in [-0.2, 0) is 20.7 Å². The molecule has 0 bridgehead atoms. The zero-order chi connectivity index (χ0) is 15.2. The molecule has 5 heteroatoms. The Hall–Kier alpha value is -1.88. The second-order valence-electron chi connectivity index (χ2n) is 5.11. The maximum absolute atomic E-state index is 12.1. The molecular formula is C15H22N2O3. The molecule has 0 heterocycles. The predicted octanol–water partition coefficient (Wildman–Crippen LogP) is 0.885. The molecule has 1 aromatic carbocycles. The number of amides is 1. The summed E-state index contributed by atoms with van der Waals surface area (Å²) in [6.07, 6.45) is 0.402. The zero-order valence-corrected chi connectivity index (χ0v) is 12.4. The number of carbonyl (C=O) groups is 2. The summed E-state index contributed by atoms with van der Waals surface area (Å²) in [6.45, 7) is 3.50. The summed E-state index contributed by atoms with van der Waals surface area (Å²) in [5.74, 6) is -0.694. The lowest BCUT2D eigenvalue weighted by Gasteiger charge is -2.26. The summed E-state index contributed by atoms with van der Waals surface area (Å²) in [6, 6.07) is 8.81. The van der Waals surface area contributed by atoms with Crippen LogP contribution in [0.1, 0.15) is 19.4 Å². The largest absolute Gasteiger partial charge is 0.467 e. The quantitative estimate of drug-likeness (QED) is 0.758.